The average molecular weight is 462 g/mol. The van der Waals surface area contributed by atoms with Crippen molar-refractivity contribution in [1.29, 1.82) is 0 Å². The molecule has 1 aliphatic heterocycles. The van der Waals surface area contributed by atoms with Crippen LogP contribution in [0.2, 0.25) is 0 Å². The van der Waals surface area contributed by atoms with Gasteiger partial charge in [0.1, 0.15) is 0 Å². The van der Waals surface area contributed by atoms with Gasteiger partial charge in [0.05, 0.1) is 54.7 Å². The number of carbonyl (C=O) groups is 3. The van der Waals surface area contributed by atoms with E-state index in [1.165, 1.54) is 18.2 Å². The summed E-state index contributed by atoms with van der Waals surface area (Å²) in [4.78, 5) is 38.1. The predicted octanol–water partition coefficient (Wildman–Crippen LogP) is 1.53. The lowest BCUT2D eigenvalue weighted by Gasteiger charge is -2.27. The quantitative estimate of drug-likeness (QED) is 0.640. The van der Waals surface area contributed by atoms with Crippen LogP contribution < -0.4 is 4.72 Å². The van der Waals surface area contributed by atoms with Crippen LogP contribution in [0.1, 0.15) is 31.1 Å². The number of benzene rings is 2. The van der Waals surface area contributed by atoms with Crippen molar-refractivity contribution in [3.63, 3.8) is 0 Å². The minimum absolute atomic E-state index is 0.0621. The second-order valence-corrected chi connectivity index (χ2v) is 8.47. The lowest BCUT2D eigenvalue weighted by atomic mass is 10.1. The number of esters is 2. The summed E-state index contributed by atoms with van der Waals surface area (Å²) in [7, 11) is -2.03. The van der Waals surface area contributed by atoms with E-state index in [0.29, 0.717) is 26.3 Å². The van der Waals surface area contributed by atoms with Crippen molar-refractivity contribution in [3.05, 3.63) is 59.2 Å². The molecule has 0 bridgehead atoms. The summed E-state index contributed by atoms with van der Waals surface area (Å²) in [6.45, 7) is 1.58. The number of nitrogens with one attached hydrogen (secondary N) is 1. The van der Waals surface area contributed by atoms with Crippen LogP contribution in [0.15, 0.2) is 47.4 Å². The Bertz CT molecular complexity index is 1110. The van der Waals surface area contributed by atoms with Gasteiger partial charge in [-0.05, 0) is 30.3 Å². The minimum Gasteiger partial charge on any atom is -0.465 e. The summed E-state index contributed by atoms with van der Waals surface area (Å²) in [6, 6.07) is 9.50. The summed E-state index contributed by atoms with van der Waals surface area (Å²) in [5.41, 5.74) is -0.0655. The summed E-state index contributed by atoms with van der Waals surface area (Å²) in [6.07, 6.45) is 0. The van der Waals surface area contributed by atoms with Crippen molar-refractivity contribution in [2.45, 2.75) is 4.90 Å². The lowest BCUT2D eigenvalue weighted by molar-refractivity contribution is 0.0303. The van der Waals surface area contributed by atoms with Gasteiger partial charge in [0.2, 0.25) is 0 Å². The molecule has 32 heavy (non-hydrogen) atoms. The van der Waals surface area contributed by atoms with Crippen molar-refractivity contribution in [1.82, 2.24) is 4.90 Å². The molecule has 0 saturated carbocycles. The Morgan fingerprint density at radius 1 is 0.938 bits per heavy atom. The Morgan fingerprint density at radius 3 is 2.06 bits per heavy atom. The molecule has 3 rings (SSSR count). The molecule has 170 valence electrons. The zero-order chi connectivity index (χ0) is 23.3. The second-order valence-electron chi connectivity index (χ2n) is 6.78. The third kappa shape index (κ3) is 5.06. The number of morpholine rings is 1. The largest absolute Gasteiger partial charge is 0.465 e. The van der Waals surface area contributed by atoms with Crippen LogP contribution >= 0.6 is 0 Å². The Morgan fingerprint density at radius 2 is 1.50 bits per heavy atom. The van der Waals surface area contributed by atoms with Gasteiger partial charge in [0.15, 0.2) is 0 Å². The van der Waals surface area contributed by atoms with Crippen LogP contribution in [0.4, 0.5) is 5.69 Å². The van der Waals surface area contributed by atoms with Crippen molar-refractivity contribution >= 4 is 33.6 Å². The highest BCUT2D eigenvalue weighted by Gasteiger charge is 2.25. The smallest absolute Gasteiger partial charge is 0.337 e. The van der Waals surface area contributed by atoms with Crippen LogP contribution in [0.25, 0.3) is 0 Å². The molecule has 1 fully saturated rings. The third-order valence-corrected chi connectivity index (χ3v) is 6.10. The molecule has 2 aromatic carbocycles. The fourth-order valence-electron chi connectivity index (χ4n) is 3.12. The first kappa shape index (κ1) is 23.2. The number of sulfonamides is 1. The van der Waals surface area contributed by atoms with Crippen LogP contribution in [0, 0.1) is 0 Å². The highest BCUT2D eigenvalue weighted by molar-refractivity contribution is 7.92. The van der Waals surface area contributed by atoms with Crippen molar-refractivity contribution in [2.24, 2.45) is 0 Å². The van der Waals surface area contributed by atoms with Gasteiger partial charge in [0, 0.05) is 13.1 Å². The summed E-state index contributed by atoms with van der Waals surface area (Å²) < 4.78 is 43.2. The molecule has 1 amide bonds. The van der Waals surface area contributed by atoms with Crippen molar-refractivity contribution in [3.8, 4) is 0 Å². The topological polar surface area (TPSA) is 128 Å². The van der Waals surface area contributed by atoms with Crippen molar-refractivity contribution < 1.29 is 37.0 Å². The van der Waals surface area contributed by atoms with E-state index in [0.717, 1.165) is 26.4 Å². The molecule has 0 unspecified atom stereocenters. The average Bonchev–Trinajstić information content (AvgIpc) is 2.82. The van der Waals surface area contributed by atoms with E-state index in [-0.39, 0.29) is 33.2 Å². The standard InChI is InChI=1S/C21H22N2O8S/c1-29-20(25)14-11-15(21(26)30-2)13-16(12-14)32(27,28)22-18-6-4-3-5-17(18)19(24)23-7-9-31-10-8-23/h3-6,11-13,22H,7-10H2,1-2H3. The molecule has 0 spiro atoms. The molecule has 1 aliphatic rings. The van der Waals surface area contributed by atoms with Gasteiger partial charge in [-0.3, -0.25) is 9.52 Å². The van der Waals surface area contributed by atoms with E-state index in [1.54, 1.807) is 17.0 Å². The SMILES string of the molecule is COC(=O)c1cc(C(=O)OC)cc(S(=O)(=O)Nc2ccccc2C(=O)N2CCOCC2)c1. The molecular formula is C21H22N2O8S. The van der Waals surface area contributed by atoms with Gasteiger partial charge >= 0.3 is 11.9 Å². The lowest BCUT2D eigenvalue weighted by Crippen LogP contribution is -2.41. The van der Waals surface area contributed by atoms with E-state index in [2.05, 4.69) is 14.2 Å². The zero-order valence-corrected chi connectivity index (χ0v) is 18.3. The molecule has 0 atom stereocenters. The zero-order valence-electron chi connectivity index (χ0n) is 17.5. The molecule has 1 saturated heterocycles. The fourth-order valence-corrected chi connectivity index (χ4v) is 4.27. The maximum absolute atomic E-state index is 13.1. The Labute approximate surface area is 185 Å². The van der Waals surface area contributed by atoms with E-state index >= 15 is 0 Å². The number of rotatable bonds is 6. The Hall–Kier alpha value is -3.44. The maximum atomic E-state index is 13.1. The van der Waals surface area contributed by atoms with Gasteiger partial charge in [-0.15, -0.1) is 0 Å². The van der Waals surface area contributed by atoms with Gasteiger partial charge in [-0.25, -0.2) is 18.0 Å². The molecular weight excluding hydrogens is 440 g/mol. The molecule has 11 heteroatoms. The number of methoxy groups -OCH3 is 2. The molecule has 0 radical (unpaired) electrons. The molecule has 2 aromatic rings. The highest BCUT2D eigenvalue weighted by Crippen LogP contribution is 2.24. The fraction of sp³-hybridized carbons (Fsp3) is 0.286. The number of anilines is 1. The predicted molar refractivity (Wildman–Crippen MR) is 113 cm³/mol. The van der Waals surface area contributed by atoms with E-state index < -0.39 is 22.0 Å². The third-order valence-electron chi connectivity index (χ3n) is 4.76. The molecule has 0 aliphatic carbocycles. The minimum atomic E-state index is -4.29. The molecule has 0 aromatic heterocycles. The first-order chi connectivity index (χ1) is 15.3. The van der Waals surface area contributed by atoms with E-state index in [4.69, 9.17) is 4.74 Å². The Balaban J connectivity index is 1.99. The molecule has 1 N–H and O–H groups in total. The van der Waals surface area contributed by atoms with Crippen LogP contribution in [0.5, 0.6) is 0 Å². The number of carbonyl (C=O) groups excluding carboxylic acids is 3. The van der Waals surface area contributed by atoms with Gasteiger partial charge in [-0.2, -0.15) is 0 Å². The number of nitrogens with zero attached hydrogens (tertiary/aromatic N) is 1. The van der Waals surface area contributed by atoms with Gasteiger partial charge in [0.25, 0.3) is 15.9 Å². The van der Waals surface area contributed by atoms with Crippen LogP contribution in [-0.4, -0.2) is 71.7 Å². The molecule has 1 heterocycles. The summed E-state index contributed by atoms with van der Waals surface area (Å²) in [5.74, 6) is -1.99. The van der Waals surface area contributed by atoms with Crippen LogP contribution in [-0.2, 0) is 24.2 Å². The Kier molecular flexibility index (Phi) is 7.11. The first-order valence-corrected chi connectivity index (χ1v) is 11.1. The normalized spacial score (nSPS) is 13.9. The van der Waals surface area contributed by atoms with E-state index in [1.807, 2.05) is 0 Å². The maximum Gasteiger partial charge on any atom is 0.337 e. The van der Waals surface area contributed by atoms with Gasteiger partial charge in [-0.1, -0.05) is 12.1 Å². The second kappa shape index (κ2) is 9.79. The number of hydrogen-bond acceptors (Lipinski definition) is 8. The van der Waals surface area contributed by atoms with Crippen LogP contribution in [0.3, 0.4) is 0 Å². The number of para-hydroxylation sites is 1. The van der Waals surface area contributed by atoms with Crippen molar-refractivity contribution in [2.75, 3.05) is 45.2 Å². The number of hydrogen-bond donors (Lipinski definition) is 1. The summed E-state index contributed by atoms with van der Waals surface area (Å²) in [5, 5.41) is 0. The first-order valence-electron chi connectivity index (χ1n) is 9.57. The molecule has 10 nitrogen and oxygen atoms in total. The van der Waals surface area contributed by atoms with Gasteiger partial charge < -0.3 is 19.1 Å². The number of amides is 1. The summed E-state index contributed by atoms with van der Waals surface area (Å²) >= 11 is 0. The number of ether oxygens (including phenoxy) is 3. The highest BCUT2D eigenvalue weighted by atomic mass is 32.2. The van der Waals surface area contributed by atoms with E-state index in [9.17, 15) is 22.8 Å². The monoisotopic (exact) mass is 462 g/mol.